The largest absolute Gasteiger partial charge is 0.333 e. The summed E-state index contributed by atoms with van der Waals surface area (Å²) in [6, 6.07) is 48.6. The van der Waals surface area contributed by atoms with Crippen LogP contribution in [0.25, 0.3) is 43.7 Å². The summed E-state index contributed by atoms with van der Waals surface area (Å²) in [7, 11) is 0. The monoisotopic (exact) mass is 643 g/mol. The van der Waals surface area contributed by atoms with Gasteiger partial charge in [0.15, 0.2) is 5.84 Å². The van der Waals surface area contributed by atoms with Gasteiger partial charge in [-0.3, -0.25) is 4.99 Å². The van der Waals surface area contributed by atoms with Gasteiger partial charge in [-0.1, -0.05) is 147 Å². The first-order valence-electron chi connectivity index (χ1n) is 17.8. The van der Waals surface area contributed by atoms with Crippen LogP contribution in [-0.4, -0.2) is 22.2 Å². The quantitative estimate of drug-likeness (QED) is 0.183. The highest BCUT2D eigenvalue weighted by atomic mass is 15.0. The summed E-state index contributed by atoms with van der Waals surface area (Å²) in [5, 5.41) is 5.27. The third-order valence-electron chi connectivity index (χ3n) is 11.3. The Kier molecular flexibility index (Phi) is 6.48. The van der Waals surface area contributed by atoms with E-state index in [0.29, 0.717) is 0 Å². The number of benzene rings is 6. The molecule has 240 valence electrons. The van der Waals surface area contributed by atoms with Gasteiger partial charge < -0.3 is 4.57 Å². The Morgan fingerprint density at radius 1 is 0.660 bits per heavy atom. The molecule has 0 radical (unpaired) electrons. The average molecular weight is 644 g/mol. The lowest BCUT2D eigenvalue weighted by Gasteiger charge is -2.26. The lowest BCUT2D eigenvalue weighted by Crippen LogP contribution is -2.24. The Bertz CT molecular complexity index is 2610. The summed E-state index contributed by atoms with van der Waals surface area (Å²) < 4.78 is 2.61. The van der Waals surface area contributed by atoms with Crippen LogP contribution in [0.1, 0.15) is 55.0 Å². The summed E-state index contributed by atoms with van der Waals surface area (Å²) in [6.07, 6.45) is 8.88. The first kappa shape index (κ1) is 29.1. The molecule has 3 aliphatic rings. The van der Waals surface area contributed by atoms with E-state index < -0.39 is 0 Å². The van der Waals surface area contributed by atoms with Crippen molar-refractivity contribution in [3.05, 3.63) is 180 Å². The summed E-state index contributed by atoms with van der Waals surface area (Å²) in [4.78, 5) is 10.3. The predicted octanol–water partition coefficient (Wildman–Crippen LogP) is 11.4. The summed E-state index contributed by atoms with van der Waals surface area (Å²) in [6.45, 7) is 4.76. The van der Waals surface area contributed by atoms with E-state index in [9.17, 15) is 0 Å². The molecule has 2 aliphatic carbocycles. The fraction of sp³-hybridized carbons (Fsp3) is 0.149. The van der Waals surface area contributed by atoms with Gasteiger partial charge in [-0.2, -0.15) is 0 Å². The van der Waals surface area contributed by atoms with E-state index in [4.69, 9.17) is 9.98 Å². The van der Waals surface area contributed by atoms with Crippen LogP contribution in [0, 0.1) is 0 Å². The van der Waals surface area contributed by atoms with Gasteiger partial charge in [0.25, 0.3) is 0 Å². The Labute approximate surface area is 292 Å². The van der Waals surface area contributed by atoms with Gasteiger partial charge in [0, 0.05) is 28.2 Å². The normalized spacial score (nSPS) is 19.3. The van der Waals surface area contributed by atoms with Gasteiger partial charge in [-0.05, 0) is 68.8 Å². The number of aromatic nitrogens is 1. The van der Waals surface area contributed by atoms with Crippen LogP contribution in [0.15, 0.2) is 167 Å². The maximum Gasteiger partial charge on any atom is 0.155 e. The van der Waals surface area contributed by atoms with Crippen molar-refractivity contribution >= 4 is 44.1 Å². The van der Waals surface area contributed by atoms with E-state index >= 15 is 0 Å². The highest BCUT2D eigenvalue weighted by Crippen LogP contribution is 2.51. The van der Waals surface area contributed by atoms with E-state index in [1.54, 1.807) is 0 Å². The molecule has 0 N–H and O–H groups in total. The van der Waals surface area contributed by atoms with E-state index in [1.807, 2.05) is 6.07 Å². The second kappa shape index (κ2) is 11.1. The molecule has 6 aromatic carbocycles. The smallest absolute Gasteiger partial charge is 0.155 e. The Balaban J connectivity index is 1.09. The molecular weight excluding hydrogens is 607 g/mol. The van der Waals surface area contributed by atoms with E-state index in [-0.39, 0.29) is 17.5 Å². The topological polar surface area (TPSA) is 29.6 Å². The van der Waals surface area contributed by atoms with Gasteiger partial charge in [0.2, 0.25) is 0 Å². The van der Waals surface area contributed by atoms with Crippen molar-refractivity contribution in [2.75, 3.05) is 0 Å². The van der Waals surface area contributed by atoms with E-state index in [2.05, 4.69) is 164 Å². The standard InChI is InChI=1S/C47H37N3/c1-47(2)39-20-12-11-19-36(39)37-27-38-44(28-40(37)47)50(43-26-23-30-13-9-10-18-35(30)45(38)43)34-24-21-32(22-25-34)42-29-41(31-14-5-3-6-15-31)48-46(49-42)33-16-7-4-8-17-33/h3-24,26-28,34,42H,25,29H2,1-2H3. The Morgan fingerprint density at radius 3 is 2.20 bits per heavy atom. The van der Waals surface area contributed by atoms with E-state index in [1.165, 1.54) is 60.4 Å². The van der Waals surface area contributed by atoms with Crippen LogP contribution >= 0.6 is 0 Å². The van der Waals surface area contributed by atoms with Crippen molar-refractivity contribution in [2.24, 2.45) is 9.98 Å². The van der Waals surface area contributed by atoms with Crippen molar-refractivity contribution in [1.82, 2.24) is 4.57 Å². The molecular formula is C47H37N3. The lowest BCUT2D eigenvalue weighted by molar-refractivity contribution is 0.633. The molecule has 0 saturated heterocycles. The molecule has 1 aliphatic heterocycles. The molecule has 0 bridgehead atoms. The average Bonchev–Trinajstić information content (AvgIpc) is 3.62. The maximum atomic E-state index is 5.25. The number of amidine groups is 1. The predicted molar refractivity (Wildman–Crippen MR) is 210 cm³/mol. The van der Waals surface area contributed by atoms with Crippen molar-refractivity contribution in [1.29, 1.82) is 0 Å². The fourth-order valence-electron chi connectivity index (χ4n) is 8.74. The summed E-state index contributed by atoms with van der Waals surface area (Å²) in [5.41, 5.74) is 12.7. The van der Waals surface area contributed by atoms with Crippen LogP contribution in [0.3, 0.4) is 0 Å². The zero-order valence-electron chi connectivity index (χ0n) is 28.3. The molecule has 0 fully saturated rings. The minimum atomic E-state index is -0.0631. The van der Waals surface area contributed by atoms with Crippen molar-refractivity contribution in [3.8, 4) is 11.1 Å². The van der Waals surface area contributed by atoms with Crippen LogP contribution in [0.2, 0.25) is 0 Å². The van der Waals surface area contributed by atoms with Crippen molar-refractivity contribution in [2.45, 2.75) is 44.2 Å². The second-order valence-electron chi connectivity index (χ2n) is 14.5. The number of nitrogens with zero attached hydrogens (tertiary/aromatic N) is 3. The first-order chi connectivity index (χ1) is 24.5. The molecule has 10 rings (SSSR count). The van der Waals surface area contributed by atoms with Gasteiger partial charge in [-0.25, -0.2) is 4.99 Å². The minimum Gasteiger partial charge on any atom is -0.333 e. The molecule has 50 heavy (non-hydrogen) atoms. The zero-order valence-corrected chi connectivity index (χ0v) is 28.3. The third kappa shape index (κ3) is 4.43. The number of hydrogen-bond acceptors (Lipinski definition) is 2. The second-order valence-corrected chi connectivity index (χ2v) is 14.5. The molecule has 7 aromatic rings. The van der Waals surface area contributed by atoms with Crippen LogP contribution in [0.5, 0.6) is 0 Å². The highest BCUT2D eigenvalue weighted by Gasteiger charge is 2.36. The number of fused-ring (bicyclic) bond motifs is 8. The SMILES string of the molecule is CC1(C)c2ccccc2-c2cc3c4c5ccccc5ccc4n(C4C=CC(C5CC(c6ccccc6)=NC(c6ccccc6)=N5)=CC4)c3cc21. The molecule has 2 heterocycles. The summed E-state index contributed by atoms with van der Waals surface area (Å²) >= 11 is 0. The van der Waals surface area contributed by atoms with Gasteiger partial charge in [0.05, 0.1) is 28.8 Å². The number of aliphatic imine (C=N–C) groups is 2. The maximum absolute atomic E-state index is 5.25. The van der Waals surface area contributed by atoms with Crippen molar-refractivity contribution in [3.63, 3.8) is 0 Å². The van der Waals surface area contributed by atoms with Crippen LogP contribution in [0.4, 0.5) is 0 Å². The molecule has 0 amide bonds. The lowest BCUT2D eigenvalue weighted by atomic mass is 9.82. The number of allylic oxidation sites excluding steroid dienone is 2. The molecule has 2 unspecified atom stereocenters. The van der Waals surface area contributed by atoms with Gasteiger partial charge >= 0.3 is 0 Å². The summed E-state index contributed by atoms with van der Waals surface area (Å²) in [5.74, 6) is 0.809. The first-order valence-corrected chi connectivity index (χ1v) is 17.8. The Hall–Kier alpha value is -5.80. The molecule has 1 aromatic heterocycles. The molecule has 2 atom stereocenters. The molecule has 3 heteroatoms. The number of rotatable bonds is 4. The zero-order chi connectivity index (χ0) is 33.4. The van der Waals surface area contributed by atoms with Crippen LogP contribution < -0.4 is 0 Å². The number of hydrogen-bond donors (Lipinski definition) is 0. The molecule has 0 saturated carbocycles. The molecule has 3 nitrogen and oxygen atoms in total. The fourth-order valence-corrected chi connectivity index (χ4v) is 8.74. The van der Waals surface area contributed by atoms with E-state index in [0.717, 1.165) is 35.5 Å². The Morgan fingerprint density at radius 2 is 1.40 bits per heavy atom. The molecule has 0 spiro atoms. The van der Waals surface area contributed by atoms with Gasteiger partial charge in [-0.15, -0.1) is 0 Å². The van der Waals surface area contributed by atoms with Crippen LogP contribution in [-0.2, 0) is 5.41 Å². The third-order valence-corrected chi connectivity index (χ3v) is 11.3. The van der Waals surface area contributed by atoms with Crippen molar-refractivity contribution < 1.29 is 0 Å². The van der Waals surface area contributed by atoms with Gasteiger partial charge in [0.1, 0.15) is 0 Å². The minimum absolute atomic E-state index is 0.0137. The highest BCUT2D eigenvalue weighted by molar-refractivity contribution is 6.22.